The molecule has 0 unspecified atom stereocenters. The van der Waals surface area contributed by atoms with Crippen LogP contribution in [0.2, 0.25) is 0 Å². The van der Waals surface area contributed by atoms with Gasteiger partial charge in [0, 0.05) is 0 Å². The Balaban J connectivity index is 1.98. The lowest BCUT2D eigenvalue weighted by atomic mass is 10.1. The molecule has 20 heavy (non-hydrogen) atoms. The zero-order chi connectivity index (χ0) is 14.4. The number of carboxylic acids is 1. The fourth-order valence-corrected chi connectivity index (χ4v) is 1.64. The Hall–Kier alpha value is -2.82. The zero-order valence-corrected chi connectivity index (χ0v) is 10.6. The molecule has 0 saturated heterocycles. The largest absolute Gasteiger partial charge is 0.480 e. The van der Waals surface area contributed by atoms with E-state index in [2.05, 4.69) is 5.32 Å². The molecule has 0 heterocycles. The first-order valence-corrected chi connectivity index (χ1v) is 5.98. The summed E-state index contributed by atoms with van der Waals surface area (Å²) >= 11 is 0. The Bertz CT molecular complexity index is 593. The number of amides is 1. The fourth-order valence-electron chi connectivity index (χ4n) is 1.64. The van der Waals surface area contributed by atoms with Gasteiger partial charge in [-0.25, -0.2) is 4.79 Å². The van der Waals surface area contributed by atoms with E-state index < -0.39 is 18.6 Å². The molecule has 0 saturated carbocycles. The second-order valence-corrected chi connectivity index (χ2v) is 4.03. The van der Waals surface area contributed by atoms with E-state index in [1.54, 1.807) is 12.1 Å². The number of carboxylic acid groups (broad SMARTS) is 1. The van der Waals surface area contributed by atoms with Crippen molar-refractivity contribution in [3.8, 4) is 16.9 Å². The Labute approximate surface area is 115 Å². The maximum atomic E-state index is 11.3. The van der Waals surface area contributed by atoms with Crippen molar-refractivity contribution in [2.45, 2.75) is 0 Å². The van der Waals surface area contributed by atoms with Gasteiger partial charge in [-0.1, -0.05) is 42.5 Å². The van der Waals surface area contributed by atoms with Crippen molar-refractivity contribution in [1.29, 1.82) is 0 Å². The van der Waals surface area contributed by atoms with Gasteiger partial charge >= 0.3 is 12.1 Å². The summed E-state index contributed by atoms with van der Waals surface area (Å²) in [6.45, 7) is -0.471. The van der Waals surface area contributed by atoms with Gasteiger partial charge in [0.1, 0.15) is 12.3 Å². The Kier molecular flexibility index (Phi) is 4.34. The number of rotatable bonds is 4. The summed E-state index contributed by atoms with van der Waals surface area (Å²) < 4.78 is 4.94. The zero-order valence-electron chi connectivity index (χ0n) is 10.6. The quantitative estimate of drug-likeness (QED) is 0.896. The fraction of sp³-hybridized carbons (Fsp3) is 0.0667. The molecule has 2 aromatic carbocycles. The van der Waals surface area contributed by atoms with E-state index in [0.29, 0.717) is 5.75 Å². The molecule has 102 valence electrons. The van der Waals surface area contributed by atoms with E-state index in [-0.39, 0.29) is 0 Å². The molecule has 0 spiro atoms. The van der Waals surface area contributed by atoms with E-state index in [1.165, 1.54) is 0 Å². The van der Waals surface area contributed by atoms with Crippen LogP contribution in [0, 0.1) is 0 Å². The minimum atomic E-state index is -1.12. The predicted octanol–water partition coefficient (Wildman–Crippen LogP) is 2.53. The van der Waals surface area contributed by atoms with E-state index in [4.69, 9.17) is 9.84 Å². The summed E-state index contributed by atoms with van der Waals surface area (Å²) in [5.41, 5.74) is 2.07. The molecule has 0 bridgehead atoms. The lowest BCUT2D eigenvalue weighted by Gasteiger charge is -2.06. The first kappa shape index (κ1) is 13.6. The number of ether oxygens (including phenoxy) is 1. The molecule has 5 heteroatoms. The van der Waals surface area contributed by atoms with Crippen LogP contribution >= 0.6 is 0 Å². The van der Waals surface area contributed by atoms with Crippen molar-refractivity contribution in [3.05, 3.63) is 54.6 Å². The minimum absolute atomic E-state index is 0.354. The molecule has 2 aromatic rings. The van der Waals surface area contributed by atoms with Gasteiger partial charge in [0.05, 0.1) is 0 Å². The van der Waals surface area contributed by atoms with Crippen molar-refractivity contribution in [2.24, 2.45) is 0 Å². The highest BCUT2D eigenvalue weighted by atomic mass is 16.6. The summed E-state index contributed by atoms with van der Waals surface area (Å²) in [6, 6.07) is 16.8. The van der Waals surface area contributed by atoms with Crippen molar-refractivity contribution < 1.29 is 19.4 Å². The topological polar surface area (TPSA) is 75.6 Å². The van der Waals surface area contributed by atoms with Crippen molar-refractivity contribution in [2.75, 3.05) is 6.54 Å². The third kappa shape index (κ3) is 3.84. The SMILES string of the molecule is O=C(O)CNC(=O)Oc1ccc(-c2ccccc2)cc1. The molecular weight excluding hydrogens is 258 g/mol. The summed E-state index contributed by atoms with van der Waals surface area (Å²) in [4.78, 5) is 21.6. The summed E-state index contributed by atoms with van der Waals surface area (Å²) in [7, 11) is 0. The van der Waals surface area contributed by atoms with Crippen LogP contribution in [0.15, 0.2) is 54.6 Å². The third-order valence-corrected chi connectivity index (χ3v) is 2.56. The van der Waals surface area contributed by atoms with Gasteiger partial charge in [0.15, 0.2) is 0 Å². The molecule has 0 aromatic heterocycles. The summed E-state index contributed by atoms with van der Waals surface area (Å²) in [5, 5.41) is 10.5. The molecular formula is C15H13NO4. The lowest BCUT2D eigenvalue weighted by Crippen LogP contribution is -2.31. The standard InChI is InChI=1S/C15H13NO4/c17-14(18)10-16-15(19)20-13-8-6-12(7-9-13)11-4-2-1-3-5-11/h1-9H,10H2,(H,16,19)(H,17,18). The van der Waals surface area contributed by atoms with Crippen LogP contribution < -0.4 is 10.1 Å². The molecule has 2 N–H and O–H groups in total. The molecule has 0 aliphatic rings. The molecule has 0 atom stereocenters. The number of carbonyl (C=O) groups excluding carboxylic acids is 1. The Morgan fingerprint density at radius 1 is 0.950 bits per heavy atom. The molecule has 0 aliphatic carbocycles. The van der Waals surface area contributed by atoms with E-state index >= 15 is 0 Å². The molecule has 1 amide bonds. The highest BCUT2D eigenvalue weighted by Crippen LogP contribution is 2.21. The molecule has 0 radical (unpaired) electrons. The molecule has 2 rings (SSSR count). The maximum Gasteiger partial charge on any atom is 0.413 e. The van der Waals surface area contributed by atoms with Crippen LogP contribution in [0.3, 0.4) is 0 Å². The average Bonchev–Trinajstić information content (AvgIpc) is 2.47. The maximum absolute atomic E-state index is 11.3. The van der Waals surface area contributed by atoms with Gasteiger partial charge in [-0.3, -0.25) is 4.79 Å². The molecule has 5 nitrogen and oxygen atoms in total. The van der Waals surface area contributed by atoms with Gasteiger partial charge in [-0.2, -0.15) is 0 Å². The highest BCUT2D eigenvalue weighted by Gasteiger charge is 2.06. The second kappa shape index (κ2) is 6.38. The second-order valence-electron chi connectivity index (χ2n) is 4.03. The van der Waals surface area contributed by atoms with Gasteiger partial charge in [-0.15, -0.1) is 0 Å². The van der Waals surface area contributed by atoms with Gasteiger partial charge < -0.3 is 15.2 Å². The van der Waals surface area contributed by atoms with E-state index in [0.717, 1.165) is 11.1 Å². The smallest absolute Gasteiger partial charge is 0.413 e. The monoisotopic (exact) mass is 271 g/mol. The van der Waals surface area contributed by atoms with Crippen molar-refractivity contribution in [3.63, 3.8) is 0 Å². The lowest BCUT2D eigenvalue weighted by molar-refractivity contribution is -0.135. The Morgan fingerprint density at radius 2 is 1.55 bits per heavy atom. The molecule has 0 aliphatic heterocycles. The number of nitrogens with one attached hydrogen (secondary N) is 1. The molecule has 0 fully saturated rings. The summed E-state index contributed by atoms with van der Waals surface area (Å²) in [5.74, 6) is -0.769. The normalized spacial score (nSPS) is 9.80. The van der Waals surface area contributed by atoms with Crippen molar-refractivity contribution in [1.82, 2.24) is 5.32 Å². The minimum Gasteiger partial charge on any atom is -0.480 e. The number of hydrogen-bond donors (Lipinski definition) is 2. The Morgan fingerprint density at radius 3 is 2.15 bits per heavy atom. The van der Waals surface area contributed by atoms with Crippen LogP contribution in [-0.4, -0.2) is 23.7 Å². The number of carbonyl (C=O) groups is 2. The van der Waals surface area contributed by atoms with Crippen LogP contribution in [0.1, 0.15) is 0 Å². The highest BCUT2D eigenvalue weighted by molar-refractivity contribution is 5.77. The van der Waals surface area contributed by atoms with E-state index in [1.807, 2.05) is 42.5 Å². The predicted molar refractivity (Wildman–Crippen MR) is 73.5 cm³/mol. The summed E-state index contributed by atoms with van der Waals surface area (Å²) in [6.07, 6.45) is -0.792. The van der Waals surface area contributed by atoms with Gasteiger partial charge in [0.25, 0.3) is 0 Å². The first-order valence-electron chi connectivity index (χ1n) is 5.98. The van der Waals surface area contributed by atoms with Crippen LogP contribution in [0.4, 0.5) is 4.79 Å². The van der Waals surface area contributed by atoms with Gasteiger partial charge in [0.2, 0.25) is 0 Å². The first-order chi connectivity index (χ1) is 9.65. The number of hydrogen-bond acceptors (Lipinski definition) is 3. The van der Waals surface area contributed by atoms with Gasteiger partial charge in [-0.05, 0) is 23.3 Å². The average molecular weight is 271 g/mol. The van der Waals surface area contributed by atoms with Crippen LogP contribution in [-0.2, 0) is 4.79 Å². The van der Waals surface area contributed by atoms with Crippen LogP contribution in [0.5, 0.6) is 5.75 Å². The third-order valence-electron chi connectivity index (χ3n) is 2.56. The van der Waals surface area contributed by atoms with Crippen LogP contribution in [0.25, 0.3) is 11.1 Å². The number of aliphatic carboxylic acids is 1. The van der Waals surface area contributed by atoms with E-state index in [9.17, 15) is 9.59 Å². The van der Waals surface area contributed by atoms with Crippen molar-refractivity contribution >= 4 is 12.1 Å². The number of benzene rings is 2.